The van der Waals surface area contributed by atoms with Gasteiger partial charge in [0.05, 0.1) is 13.2 Å². The van der Waals surface area contributed by atoms with E-state index in [1.165, 1.54) is 18.0 Å². The van der Waals surface area contributed by atoms with E-state index in [0.717, 1.165) is 16.0 Å². The van der Waals surface area contributed by atoms with Crippen LogP contribution in [0, 0.1) is 0 Å². The van der Waals surface area contributed by atoms with E-state index in [1.54, 1.807) is 55.7 Å². The van der Waals surface area contributed by atoms with Crippen molar-refractivity contribution < 1.29 is 35.9 Å². The Morgan fingerprint density at radius 1 is 1.17 bits per heavy atom. The lowest BCUT2D eigenvalue weighted by atomic mass is 10.00. The van der Waals surface area contributed by atoms with Crippen molar-refractivity contribution in [2.45, 2.75) is 51.1 Å². The van der Waals surface area contributed by atoms with E-state index in [2.05, 4.69) is 10.1 Å². The lowest BCUT2D eigenvalue weighted by Gasteiger charge is -2.31. The van der Waals surface area contributed by atoms with E-state index >= 15 is 0 Å². The number of aromatic nitrogens is 3. The van der Waals surface area contributed by atoms with Crippen LogP contribution in [0.2, 0.25) is 0 Å². The Balaban J connectivity index is 1.84. The molecule has 3 rings (SSSR count). The van der Waals surface area contributed by atoms with E-state index < -0.39 is 43.3 Å². The maximum absolute atomic E-state index is 13.3. The zero-order chi connectivity index (χ0) is 26.7. The van der Waals surface area contributed by atoms with Crippen molar-refractivity contribution in [3.05, 3.63) is 48.4 Å². The monoisotopic (exact) mass is 517 g/mol. The van der Waals surface area contributed by atoms with Crippen LogP contribution in [0.1, 0.15) is 38.3 Å². The second-order valence-corrected chi connectivity index (χ2v) is 8.11. The highest BCUT2D eigenvalue weighted by Gasteiger charge is 2.43. The van der Waals surface area contributed by atoms with Crippen LogP contribution in [-0.2, 0) is 0 Å². The average molecular weight is 517 g/mol. The fraction of sp³-hybridized carbons (Fsp3) is 0.435. The number of nitrogens with one attached hydrogen (secondary N) is 1. The topological polar surface area (TPSA) is 71.8 Å². The number of benzene rings is 1. The molecule has 2 aromatic heterocycles. The third-order valence-electron chi connectivity index (χ3n) is 5.74. The number of urea groups is 1. The Labute approximate surface area is 203 Å². The van der Waals surface area contributed by atoms with Crippen LogP contribution in [0.25, 0.3) is 16.8 Å². The summed E-state index contributed by atoms with van der Waals surface area (Å²) in [6.07, 6.45) is -9.66. The first-order chi connectivity index (χ1) is 16.8. The first kappa shape index (κ1) is 27.1. The van der Waals surface area contributed by atoms with Crippen LogP contribution in [0.15, 0.2) is 42.9 Å². The molecule has 2 atom stereocenters. The lowest BCUT2D eigenvalue weighted by Crippen LogP contribution is -2.51. The standard InChI is InChI=1S/C23H25F6N5O2/c1-4-33(21(35)32-19(23(27,28)29)8-9-22(24,25)26)14(2)15-6-5-7-16(10-15)17-11-18(36-3)20-30-13-31-34(20)12-17/h5-7,10-14,19H,4,8-9H2,1-3H3,(H,32,35). The van der Waals surface area contributed by atoms with Gasteiger partial charge in [-0.25, -0.2) is 14.3 Å². The van der Waals surface area contributed by atoms with E-state index in [0.29, 0.717) is 17.0 Å². The molecule has 2 amide bonds. The molecule has 0 aliphatic rings. The first-order valence-corrected chi connectivity index (χ1v) is 11.0. The highest BCUT2D eigenvalue weighted by Crippen LogP contribution is 2.31. The summed E-state index contributed by atoms with van der Waals surface area (Å²) in [7, 11) is 1.49. The fourth-order valence-corrected chi connectivity index (χ4v) is 3.81. The number of hydrogen-bond acceptors (Lipinski definition) is 4. The second kappa shape index (κ2) is 10.6. The van der Waals surface area contributed by atoms with Gasteiger partial charge in [0.15, 0.2) is 11.4 Å². The number of pyridine rings is 1. The molecule has 0 saturated heterocycles. The normalized spacial score (nSPS) is 13.9. The molecule has 0 saturated carbocycles. The number of carbonyl (C=O) groups excluding carboxylic acids is 1. The van der Waals surface area contributed by atoms with Crippen LogP contribution >= 0.6 is 0 Å². The summed E-state index contributed by atoms with van der Waals surface area (Å²) in [5, 5.41) is 5.85. The molecule has 0 bridgehead atoms. The van der Waals surface area contributed by atoms with Gasteiger partial charge in [0.25, 0.3) is 0 Å². The number of amides is 2. The van der Waals surface area contributed by atoms with Gasteiger partial charge in [-0.05, 0) is 43.5 Å². The summed E-state index contributed by atoms with van der Waals surface area (Å²) >= 11 is 0. The van der Waals surface area contributed by atoms with Gasteiger partial charge in [0, 0.05) is 24.7 Å². The molecule has 7 nitrogen and oxygen atoms in total. The number of rotatable bonds is 8. The van der Waals surface area contributed by atoms with Crippen molar-refractivity contribution in [1.29, 1.82) is 0 Å². The van der Waals surface area contributed by atoms with Gasteiger partial charge in [-0.3, -0.25) is 0 Å². The highest BCUT2D eigenvalue weighted by atomic mass is 19.4. The first-order valence-electron chi connectivity index (χ1n) is 11.0. The number of nitrogens with zero attached hydrogens (tertiary/aromatic N) is 4. The van der Waals surface area contributed by atoms with E-state index in [1.807, 2.05) is 0 Å². The van der Waals surface area contributed by atoms with Gasteiger partial charge in [0.1, 0.15) is 12.4 Å². The van der Waals surface area contributed by atoms with Gasteiger partial charge in [-0.1, -0.05) is 18.2 Å². The van der Waals surface area contributed by atoms with E-state index in [9.17, 15) is 31.1 Å². The predicted octanol–water partition coefficient (Wildman–Crippen LogP) is 5.77. The molecule has 0 aliphatic carbocycles. The molecule has 2 unspecified atom stereocenters. The molecular weight excluding hydrogens is 492 g/mol. The Bertz CT molecular complexity index is 1190. The summed E-state index contributed by atoms with van der Waals surface area (Å²) in [6.45, 7) is 3.23. The lowest BCUT2D eigenvalue weighted by molar-refractivity contribution is -0.171. The van der Waals surface area contributed by atoms with Crippen LogP contribution < -0.4 is 10.1 Å². The number of fused-ring (bicyclic) bond motifs is 1. The summed E-state index contributed by atoms with van der Waals surface area (Å²) in [6, 6.07) is 4.36. The number of hydrogen-bond donors (Lipinski definition) is 1. The van der Waals surface area contributed by atoms with Crippen molar-refractivity contribution >= 4 is 11.7 Å². The van der Waals surface area contributed by atoms with Crippen LogP contribution in [0.3, 0.4) is 0 Å². The SMILES string of the molecule is CCN(C(=O)NC(CCC(F)(F)F)C(F)(F)F)C(C)c1cccc(-c2cc(OC)c3ncnn3c2)c1. The van der Waals surface area contributed by atoms with Crippen molar-refractivity contribution in [3.63, 3.8) is 0 Å². The Kier molecular flexibility index (Phi) is 7.99. The molecule has 0 fully saturated rings. The van der Waals surface area contributed by atoms with Crippen molar-refractivity contribution in [1.82, 2.24) is 24.8 Å². The molecule has 13 heteroatoms. The number of halogens is 6. The molecule has 0 aliphatic heterocycles. The minimum absolute atomic E-state index is 0.0276. The third-order valence-corrected chi connectivity index (χ3v) is 5.74. The Hall–Kier alpha value is -3.51. The summed E-state index contributed by atoms with van der Waals surface area (Å²) in [5.41, 5.74) is 2.57. The fourth-order valence-electron chi connectivity index (χ4n) is 3.81. The predicted molar refractivity (Wildman–Crippen MR) is 119 cm³/mol. The minimum Gasteiger partial charge on any atom is -0.493 e. The molecule has 1 N–H and O–H groups in total. The molecule has 36 heavy (non-hydrogen) atoms. The van der Waals surface area contributed by atoms with Crippen molar-refractivity contribution in [2.24, 2.45) is 0 Å². The molecule has 0 radical (unpaired) electrons. The van der Waals surface area contributed by atoms with Crippen molar-refractivity contribution in [3.8, 4) is 16.9 Å². The van der Waals surface area contributed by atoms with Gasteiger partial charge >= 0.3 is 18.4 Å². The summed E-state index contributed by atoms with van der Waals surface area (Å²) < 4.78 is 84.4. The summed E-state index contributed by atoms with van der Waals surface area (Å²) in [5.74, 6) is 0.482. The maximum Gasteiger partial charge on any atom is 0.408 e. The van der Waals surface area contributed by atoms with E-state index in [-0.39, 0.29) is 6.54 Å². The van der Waals surface area contributed by atoms with Crippen molar-refractivity contribution in [2.75, 3.05) is 13.7 Å². The van der Waals surface area contributed by atoms with Gasteiger partial charge < -0.3 is 15.0 Å². The largest absolute Gasteiger partial charge is 0.493 e. The zero-order valence-corrected chi connectivity index (χ0v) is 19.7. The molecule has 3 aromatic rings. The quantitative estimate of drug-likeness (QED) is 0.385. The average Bonchev–Trinajstić information content (AvgIpc) is 3.29. The van der Waals surface area contributed by atoms with Crippen LogP contribution in [0.4, 0.5) is 31.1 Å². The number of methoxy groups -OCH3 is 1. The zero-order valence-electron chi connectivity index (χ0n) is 19.7. The molecule has 0 spiro atoms. The highest BCUT2D eigenvalue weighted by molar-refractivity contribution is 5.75. The molecule has 1 aromatic carbocycles. The van der Waals surface area contributed by atoms with Gasteiger partial charge in [-0.2, -0.15) is 31.4 Å². The minimum atomic E-state index is -5.03. The summed E-state index contributed by atoms with van der Waals surface area (Å²) in [4.78, 5) is 18.0. The molecule has 196 valence electrons. The molecular formula is C23H25F6N5O2. The maximum atomic E-state index is 13.3. The Morgan fingerprint density at radius 3 is 2.50 bits per heavy atom. The molecule has 2 heterocycles. The van der Waals surface area contributed by atoms with Gasteiger partial charge in [-0.15, -0.1) is 0 Å². The second-order valence-electron chi connectivity index (χ2n) is 8.11. The Morgan fingerprint density at radius 2 is 1.89 bits per heavy atom. The number of alkyl halides is 6. The van der Waals surface area contributed by atoms with Crippen LogP contribution in [-0.4, -0.2) is 57.6 Å². The number of carbonyl (C=O) groups is 1. The van der Waals surface area contributed by atoms with E-state index in [4.69, 9.17) is 4.74 Å². The number of ether oxygens (including phenoxy) is 1. The third kappa shape index (κ3) is 6.38. The smallest absolute Gasteiger partial charge is 0.408 e. The van der Waals surface area contributed by atoms with Gasteiger partial charge in [0.2, 0.25) is 0 Å². The van der Waals surface area contributed by atoms with Crippen LogP contribution in [0.5, 0.6) is 5.75 Å².